The van der Waals surface area contributed by atoms with E-state index in [2.05, 4.69) is 33.0 Å². The van der Waals surface area contributed by atoms with Crippen molar-refractivity contribution in [1.82, 2.24) is 19.8 Å². The molecule has 1 heterocycles. The first-order valence-electron chi connectivity index (χ1n) is 16.6. The number of thioether (sulfide) groups is 1. The summed E-state index contributed by atoms with van der Waals surface area (Å²) in [7, 11) is 0. The number of alkyl carbamates (subject to hydrolysis) is 1. The molecule has 3 rings (SSSR count). The quantitative estimate of drug-likeness (QED) is 0.154. The molecule has 1 N–H and O–H groups in total. The Kier molecular flexibility index (Phi) is 14.3. The van der Waals surface area contributed by atoms with Crippen molar-refractivity contribution in [2.75, 3.05) is 24.6 Å². The van der Waals surface area contributed by atoms with Crippen molar-refractivity contribution in [1.29, 1.82) is 0 Å². The maximum absolute atomic E-state index is 15.0. The molecule has 0 saturated heterocycles. The average molecular weight is 671 g/mol. The van der Waals surface area contributed by atoms with Crippen molar-refractivity contribution in [2.45, 2.75) is 98.8 Å². The Labute approximate surface area is 283 Å². The molecule has 0 aliphatic carbocycles. The fourth-order valence-electron chi connectivity index (χ4n) is 5.40. The van der Waals surface area contributed by atoms with Gasteiger partial charge in [0.25, 0.3) is 0 Å². The third-order valence-electron chi connectivity index (χ3n) is 7.52. The van der Waals surface area contributed by atoms with Gasteiger partial charge in [0.2, 0.25) is 5.91 Å². The molecule has 2 amide bonds. The van der Waals surface area contributed by atoms with Gasteiger partial charge in [-0.05, 0) is 68.5 Å². The summed E-state index contributed by atoms with van der Waals surface area (Å²) >= 11 is 1.63. The summed E-state index contributed by atoms with van der Waals surface area (Å²) in [4.78, 5) is 33.2. The number of aromatic nitrogens is 2. The van der Waals surface area contributed by atoms with Crippen LogP contribution in [0.5, 0.6) is 0 Å². The Bertz CT molecular complexity index is 1430. The highest BCUT2D eigenvalue weighted by molar-refractivity contribution is 7.99. The first-order chi connectivity index (χ1) is 22.2. The molecule has 0 radical (unpaired) electrons. The summed E-state index contributed by atoms with van der Waals surface area (Å²) in [5.74, 6) is 0.624. The second-order valence-electron chi connectivity index (χ2n) is 14.0. The minimum absolute atomic E-state index is 0.0320. The van der Waals surface area contributed by atoms with Gasteiger partial charge < -0.3 is 19.5 Å². The third-order valence-corrected chi connectivity index (χ3v) is 8.54. The number of hydrogen-bond donors (Lipinski definition) is 1. The number of nitrogens with zero attached hydrogens (tertiary/aromatic N) is 3. The number of amides is 2. The molecule has 0 unspecified atom stereocenters. The van der Waals surface area contributed by atoms with Crippen LogP contribution in [0.15, 0.2) is 54.7 Å². The maximum atomic E-state index is 15.0. The van der Waals surface area contributed by atoms with Gasteiger partial charge in [0.05, 0.1) is 17.5 Å². The van der Waals surface area contributed by atoms with Crippen LogP contribution in [0.25, 0.3) is 11.3 Å². The van der Waals surface area contributed by atoms with E-state index in [1.54, 1.807) is 18.0 Å². The predicted octanol–water partition coefficient (Wildman–Crippen LogP) is 9.02. The van der Waals surface area contributed by atoms with E-state index in [0.717, 1.165) is 48.8 Å². The van der Waals surface area contributed by atoms with Gasteiger partial charge in [-0.2, -0.15) is 11.8 Å². The first kappa shape index (κ1) is 38.1. The van der Waals surface area contributed by atoms with Crippen molar-refractivity contribution in [3.63, 3.8) is 0 Å². The number of carbonyl (C=O) groups excluding carboxylic acids is 2. The van der Waals surface area contributed by atoms with Crippen LogP contribution < -0.4 is 5.32 Å². The lowest BCUT2D eigenvalue weighted by atomic mass is 9.84. The van der Waals surface area contributed by atoms with Crippen LogP contribution in [0.2, 0.25) is 0 Å². The van der Waals surface area contributed by atoms with Crippen LogP contribution in [-0.2, 0) is 16.1 Å². The van der Waals surface area contributed by atoms with Gasteiger partial charge in [-0.15, -0.1) is 0 Å². The van der Waals surface area contributed by atoms with E-state index in [1.807, 2.05) is 60.6 Å². The summed E-state index contributed by atoms with van der Waals surface area (Å²) < 4.78 is 36.7. The number of hydrogen-bond acceptors (Lipinski definition) is 5. The molecule has 258 valence electrons. The van der Waals surface area contributed by atoms with Gasteiger partial charge in [-0.1, -0.05) is 77.3 Å². The highest BCUT2D eigenvalue weighted by atomic mass is 32.2. The maximum Gasteiger partial charge on any atom is 0.407 e. The Morgan fingerprint density at radius 2 is 1.72 bits per heavy atom. The highest BCUT2D eigenvalue weighted by Gasteiger charge is 2.38. The lowest BCUT2D eigenvalue weighted by Gasteiger charge is -2.40. The molecule has 1 aromatic heterocycles. The van der Waals surface area contributed by atoms with Gasteiger partial charge in [0.15, 0.2) is 0 Å². The molecule has 10 heteroatoms. The number of halogens is 2. The van der Waals surface area contributed by atoms with Gasteiger partial charge in [0, 0.05) is 31.4 Å². The lowest BCUT2D eigenvalue weighted by molar-refractivity contribution is -0.133. The van der Waals surface area contributed by atoms with E-state index in [-0.39, 0.29) is 11.5 Å². The molecule has 3 aromatic rings. The summed E-state index contributed by atoms with van der Waals surface area (Å²) in [5.41, 5.74) is 0.260. The van der Waals surface area contributed by atoms with E-state index in [0.29, 0.717) is 43.3 Å². The molecular formula is C37H52F2N4O3S. The van der Waals surface area contributed by atoms with E-state index in [4.69, 9.17) is 9.72 Å². The Morgan fingerprint density at radius 3 is 2.38 bits per heavy atom. The van der Waals surface area contributed by atoms with Gasteiger partial charge >= 0.3 is 6.09 Å². The van der Waals surface area contributed by atoms with Crippen LogP contribution in [0, 0.1) is 17.0 Å². The van der Waals surface area contributed by atoms with Crippen LogP contribution in [0.3, 0.4) is 0 Å². The smallest absolute Gasteiger partial charge is 0.407 e. The molecular weight excluding hydrogens is 618 g/mol. The molecule has 47 heavy (non-hydrogen) atoms. The first-order valence-corrected chi connectivity index (χ1v) is 17.8. The summed E-state index contributed by atoms with van der Waals surface area (Å²) in [6.45, 7) is 14.9. The van der Waals surface area contributed by atoms with Crippen LogP contribution in [0.4, 0.5) is 13.6 Å². The number of nitrogens with one attached hydrogen (secondary N) is 1. The zero-order chi connectivity index (χ0) is 34.6. The second-order valence-corrected chi connectivity index (χ2v) is 15.1. The van der Waals surface area contributed by atoms with E-state index in [1.165, 1.54) is 6.42 Å². The number of unbranched alkanes of at least 4 members (excludes halogenated alkanes) is 3. The minimum atomic E-state index is -0.619. The minimum Gasteiger partial charge on any atom is -0.444 e. The topological polar surface area (TPSA) is 76.5 Å². The molecule has 7 nitrogen and oxygen atoms in total. The van der Waals surface area contributed by atoms with Crippen molar-refractivity contribution in [3.05, 3.63) is 77.8 Å². The molecule has 0 aliphatic rings. The predicted molar refractivity (Wildman–Crippen MR) is 187 cm³/mol. The van der Waals surface area contributed by atoms with Crippen LogP contribution in [-0.4, -0.2) is 56.6 Å². The summed E-state index contributed by atoms with van der Waals surface area (Å²) in [6, 6.07) is 12.7. The van der Waals surface area contributed by atoms with Crippen LogP contribution >= 0.6 is 11.8 Å². The average Bonchev–Trinajstić information content (AvgIpc) is 3.38. The number of ether oxygens (including phenoxy) is 1. The van der Waals surface area contributed by atoms with Gasteiger partial charge in [-0.3, -0.25) is 4.79 Å². The standard InChI is InChI=1S/C37H52F2N4O3S/c1-8-9-10-14-22-47-26-32(44)43(21-15-20-40-35(45)46-37(5,6)7)33(36(2,3)4)34-41-31(29-23-28(38)18-19-30(29)39)25-42(34)24-27-16-12-11-13-17-27/h11-13,16-19,23,25,33H,8-10,14-15,20-22,24,26H2,1-7H3,(H,40,45)/t33-/m0/s1. The summed E-state index contributed by atoms with van der Waals surface area (Å²) in [5, 5.41) is 2.80. The van der Waals surface area contributed by atoms with E-state index >= 15 is 4.39 Å². The van der Waals surface area contributed by atoms with Crippen molar-refractivity contribution in [2.24, 2.45) is 5.41 Å². The zero-order valence-electron chi connectivity index (χ0n) is 29.1. The number of carbonyl (C=O) groups is 2. The number of benzene rings is 2. The Hall–Kier alpha value is -3.40. The normalized spacial score (nSPS) is 12.5. The summed E-state index contributed by atoms with van der Waals surface area (Å²) in [6.07, 6.45) is 6.24. The zero-order valence-corrected chi connectivity index (χ0v) is 29.9. The molecule has 0 bridgehead atoms. The molecule has 2 aromatic carbocycles. The second kappa shape index (κ2) is 17.7. The van der Waals surface area contributed by atoms with Crippen molar-refractivity contribution >= 4 is 23.8 Å². The SMILES string of the molecule is CCCCCCSCC(=O)N(CCCNC(=O)OC(C)(C)C)[C@@H](c1nc(-c2cc(F)ccc2F)cn1Cc1ccccc1)C(C)(C)C. The van der Waals surface area contributed by atoms with E-state index < -0.39 is 34.8 Å². The molecule has 0 spiro atoms. The third kappa shape index (κ3) is 12.3. The fraction of sp³-hybridized carbons (Fsp3) is 0.541. The fourth-order valence-corrected chi connectivity index (χ4v) is 6.29. The molecule has 0 aliphatic heterocycles. The van der Waals surface area contributed by atoms with E-state index in [9.17, 15) is 14.0 Å². The molecule has 1 atom stereocenters. The van der Waals surface area contributed by atoms with Gasteiger partial charge in [0.1, 0.15) is 23.1 Å². The number of rotatable bonds is 16. The van der Waals surface area contributed by atoms with Crippen molar-refractivity contribution < 1.29 is 23.1 Å². The lowest BCUT2D eigenvalue weighted by Crippen LogP contribution is -2.44. The largest absolute Gasteiger partial charge is 0.444 e. The van der Waals surface area contributed by atoms with Gasteiger partial charge in [-0.25, -0.2) is 18.6 Å². The molecule has 0 saturated carbocycles. The monoisotopic (exact) mass is 670 g/mol. The highest BCUT2D eigenvalue weighted by Crippen LogP contribution is 2.40. The Balaban J connectivity index is 2.01. The van der Waals surface area contributed by atoms with Crippen LogP contribution in [0.1, 0.15) is 98.0 Å². The number of imidazole rings is 1. The van der Waals surface area contributed by atoms with Crippen molar-refractivity contribution in [3.8, 4) is 11.3 Å². The molecule has 0 fully saturated rings. The Morgan fingerprint density at radius 1 is 1.00 bits per heavy atom.